The highest BCUT2D eigenvalue weighted by Crippen LogP contribution is 2.27. The molecular weight excluding hydrogens is 324 g/mol. The van der Waals surface area contributed by atoms with E-state index in [0.29, 0.717) is 11.0 Å². The van der Waals surface area contributed by atoms with E-state index in [2.05, 4.69) is 21.2 Å². The fourth-order valence-electron chi connectivity index (χ4n) is 1.77. The number of nitro groups is 1. The lowest BCUT2D eigenvalue weighted by molar-refractivity contribution is -0.384. The van der Waals surface area contributed by atoms with Crippen LogP contribution >= 0.6 is 15.9 Å². The molecule has 5 nitrogen and oxygen atoms in total. The molecule has 2 rings (SSSR count). The van der Waals surface area contributed by atoms with Crippen molar-refractivity contribution in [1.29, 1.82) is 0 Å². The fraction of sp³-hybridized carbons (Fsp3) is 0.143. The van der Waals surface area contributed by atoms with Crippen LogP contribution in [0.1, 0.15) is 5.56 Å². The van der Waals surface area contributed by atoms with Crippen LogP contribution in [0.15, 0.2) is 46.9 Å². The number of aromatic hydroxyl groups is 1. The van der Waals surface area contributed by atoms with Crippen molar-refractivity contribution in [3.63, 3.8) is 0 Å². The fourth-order valence-corrected chi connectivity index (χ4v) is 2.27. The molecule has 6 heteroatoms. The predicted octanol–water partition coefficient (Wildman–Crippen LogP) is 3.72. The van der Waals surface area contributed by atoms with Crippen molar-refractivity contribution in [3.05, 3.63) is 62.6 Å². The minimum Gasteiger partial charge on any atom is -0.508 e. The topological polar surface area (TPSA) is 75.4 Å². The Morgan fingerprint density at radius 3 is 2.50 bits per heavy atom. The second kappa shape index (κ2) is 6.38. The molecule has 2 aromatic rings. The average molecular weight is 337 g/mol. The molecular formula is C14H13BrN2O3. The number of phenols is 1. The number of nitrogens with zero attached hydrogens (tertiary/aromatic N) is 1. The normalized spacial score (nSPS) is 10.2. The molecule has 0 spiro atoms. The lowest BCUT2D eigenvalue weighted by Gasteiger charge is -2.08. The Morgan fingerprint density at radius 2 is 1.90 bits per heavy atom. The van der Waals surface area contributed by atoms with Crippen molar-refractivity contribution in [2.45, 2.75) is 6.42 Å². The highest BCUT2D eigenvalue weighted by molar-refractivity contribution is 9.10. The first kappa shape index (κ1) is 14.3. The zero-order chi connectivity index (χ0) is 14.5. The van der Waals surface area contributed by atoms with Crippen LogP contribution in [0.2, 0.25) is 0 Å². The Morgan fingerprint density at radius 1 is 1.20 bits per heavy atom. The molecule has 0 bridgehead atoms. The highest BCUT2D eigenvalue weighted by Gasteiger charge is 2.08. The van der Waals surface area contributed by atoms with Crippen LogP contribution in [-0.2, 0) is 6.42 Å². The maximum absolute atomic E-state index is 10.6. The van der Waals surface area contributed by atoms with Crippen LogP contribution in [0.5, 0.6) is 5.75 Å². The summed E-state index contributed by atoms with van der Waals surface area (Å²) in [6.45, 7) is 0.696. The molecule has 0 amide bonds. The molecule has 20 heavy (non-hydrogen) atoms. The summed E-state index contributed by atoms with van der Waals surface area (Å²) in [4.78, 5) is 10.2. The monoisotopic (exact) mass is 336 g/mol. The molecule has 0 aromatic heterocycles. The molecule has 0 saturated carbocycles. The molecule has 0 atom stereocenters. The molecule has 0 radical (unpaired) electrons. The van der Waals surface area contributed by atoms with E-state index >= 15 is 0 Å². The van der Waals surface area contributed by atoms with Gasteiger partial charge in [0.15, 0.2) is 0 Å². The van der Waals surface area contributed by atoms with Crippen molar-refractivity contribution >= 4 is 27.3 Å². The summed E-state index contributed by atoms with van der Waals surface area (Å²) in [7, 11) is 0. The molecule has 0 saturated heterocycles. The Balaban J connectivity index is 1.94. The number of halogens is 1. The number of anilines is 1. The van der Waals surface area contributed by atoms with E-state index in [1.54, 1.807) is 18.2 Å². The van der Waals surface area contributed by atoms with Crippen molar-refractivity contribution < 1.29 is 10.0 Å². The van der Waals surface area contributed by atoms with E-state index in [-0.39, 0.29) is 11.4 Å². The van der Waals surface area contributed by atoms with Gasteiger partial charge in [0.05, 0.1) is 4.92 Å². The Kier molecular flexibility index (Phi) is 4.57. The van der Waals surface area contributed by atoms with Gasteiger partial charge >= 0.3 is 0 Å². The van der Waals surface area contributed by atoms with Crippen molar-refractivity contribution in [1.82, 2.24) is 0 Å². The minimum atomic E-state index is -0.426. The van der Waals surface area contributed by atoms with E-state index in [1.165, 1.54) is 12.1 Å². The van der Waals surface area contributed by atoms with Gasteiger partial charge in [0.1, 0.15) is 5.75 Å². The lowest BCUT2D eigenvalue weighted by Crippen LogP contribution is -2.05. The molecule has 0 aliphatic heterocycles. The summed E-state index contributed by atoms with van der Waals surface area (Å²) in [6.07, 6.45) is 0.795. The van der Waals surface area contributed by atoms with E-state index in [9.17, 15) is 15.2 Å². The number of nitro benzene ring substituents is 1. The summed E-state index contributed by atoms with van der Waals surface area (Å²) in [5, 5.41) is 23.0. The summed E-state index contributed by atoms with van der Waals surface area (Å²) in [5.74, 6) is 0.250. The van der Waals surface area contributed by atoms with Crippen LogP contribution in [0, 0.1) is 10.1 Å². The van der Waals surface area contributed by atoms with E-state index in [1.807, 2.05) is 12.1 Å². The molecule has 104 valence electrons. The van der Waals surface area contributed by atoms with Gasteiger partial charge in [-0.15, -0.1) is 0 Å². The van der Waals surface area contributed by atoms with E-state index in [0.717, 1.165) is 17.7 Å². The lowest BCUT2D eigenvalue weighted by atomic mass is 10.1. The molecule has 2 N–H and O–H groups in total. The second-order valence-corrected chi connectivity index (χ2v) is 5.12. The van der Waals surface area contributed by atoms with Gasteiger partial charge in [-0.05, 0) is 46.1 Å². The van der Waals surface area contributed by atoms with Crippen LogP contribution < -0.4 is 5.32 Å². The maximum Gasteiger partial charge on any atom is 0.270 e. The largest absolute Gasteiger partial charge is 0.508 e. The maximum atomic E-state index is 10.6. The van der Waals surface area contributed by atoms with Gasteiger partial charge in [-0.2, -0.15) is 0 Å². The number of nitrogens with one attached hydrogen (secondary N) is 1. The van der Waals surface area contributed by atoms with Gasteiger partial charge in [0.2, 0.25) is 0 Å². The smallest absolute Gasteiger partial charge is 0.270 e. The van der Waals surface area contributed by atoms with Gasteiger partial charge < -0.3 is 10.4 Å². The van der Waals surface area contributed by atoms with Gasteiger partial charge in [0.25, 0.3) is 5.69 Å². The third kappa shape index (κ3) is 3.71. The number of phenolic OH excluding ortho intramolecular Hbond substituents is 1. The quantitative estimate of drug-likeness (QED) is 0.644. The van der Waals surface area contributed by atoms with Crippen molar-refractivity contribution in [2.75, 3.05) is 11.9 Å². The van der Waals surface area contributed by atoms with Gasteiger partial charge in [-0.3, -0.25) is 10.1 Å². The second-order valence-electron chi connectivity index (χ2n) is 4.26. The van der Waals surface area contributed by atoms with Gasteiger partial charge in [-0.1, -0.05) is 12.1 Å². The van der Waals surface area contributed by atoms with Gasteiger partial charge in [-0.25, -0.2) is 0 Å². The molecule has 0 aliphatic carbocycles. The molecule has 0 unspecified atom stereocenters. The summed E-state index contributed by atoms with van der Waals surface area (Å²) < 4.78 is 0.664. The molecule has 0 fully saturated rings. The summed E-state index contributed by atoms with van der Waals surface area (Å²) in [6, 6.07) is 11.6. The first-order valence-corrected chi connectivity index (χ1v) is 6.81. The SMILES string of the molecule is O=[N+]([O-])c1ccc(NCCc2ccc(O)cc2)c(Br)c1. The number of hydrogen-bond donors (Lipinski definition) is 2. The van der Waals surface area contributed by atoms with Crippen molar-refractivity contribution in [3.8, 4) is 5.75 Å². The number of non-ortho nitro benzene ring substituents is 1. The zero-order valence-corrected chi connectivity index (χ0v) is 12.1. The Hall–Kier alpha value is -2.08. The predicted molar refractivity (Wildman–Crippen MR) is 81.1 cm³/mol. The van der Waals surface area contributed by atoms with Crippen LogP contribution in [0.25, 0.3) is 0 Å². The minimum absolute atomic E-state index is 0.0564. The summed E-state index contributed by atoms with van der Waals surface area (Å²) in [5.41, 5.74) is 1.98. The molecule has 0 aliphatic rings. The van der Waals surface area contributed by atoms with E-state index < -0.39 is 4.92 Å². The van der Waals surface area contributed by atoms with Crippen LogP contribution in [-0.4, -0.2) is 16.6 Å². The van der Waals surface area contributed by atoms with Crippen LogP contribution in [0.3, 0.4) is 0 Å². The zero-order valence-electron chi connectivity index (χ0n) is 10.5. The highest BCUT2D eigenvalue weighted by atomic mass is 79.9. The standard InChI is InChI=1S/C14H13BrN2O3/c15-13-9-11(17(19)20)3-6-14(13)16-8-7-10-1-4-12(18)5-2-10/h1-6,9,16,18H,7-8H2. The van der Waals surface area contributed by atoms with Crippen LogP contribution in [0.4, 0.5) is 11.4 Å². The third-order valence-corrected chi connectivity index (χ3v) is 3.49. The Labute approximate surface area is 124 Å². The van der Waals surface area contributed by atoms with E-state index in [4.69, 9.17) is 0 Å². The first-order valence-electron chi connectivity index (χ1n) is 6.02. The number of hydrogen-bond acceptors (Lipinski definition) is 4. The number of rotatable bonds is 5. The third-order valence-electron chi connectivity index (χ3n) is 2.83. The summed E-state index contributed by atoms with van der Waals surface area (Å²) >= 11 is 3.31. The molecule has 0 heterocycles. The average Bonchev–Trinajstić information content (AvgIpc) is 2.42. The Bertz CT molecular complexity index is 614. The van der Waals surface area contributed by atoms with Gasteiger partial charge in [0, 0.05) is 28.8 Å². The first-order chi connectivity index (χ1) is 9.56. The molecule has 2 aromatic carbocycles. The van der Waals surface area contributed by atoms with Crippen molar-refractivity contribution in [2.24, 2.45) is 0 Å². The number of benzene rings is 2.